The molecule has 2 aliphatic heterocycles. The Hall–Kier alpha value is -5.19. The number of likely N-dealkylation sites (N-methyl/N-ethyl adjacent to an activating group) is 1. The van der Waals surface area contributed by atoms with Gasteiger partial charge in [0.1, 0.15) is 11.9 Å². The number of halogens is 3. The number of nitrogens with zero attached hydrogens (tertiary/aromatic N) is 4. The Balaban J connectivity index is 1.50. The first kappa shape index (κ1) is 28.9. The summed E-state index contributed by atoms with van der Waals surface area (Å²) in [6.45, 7) is 4.26. The fourth-order valence-corrected chi connectivity index (χ4v) is 5.91. The monoisotopic (exact) mass is 599 g/mol. The van der Waals surface area contributed by atoms with E-state index in [0.717, 1.165) is 23.9 Å². The maximum Gasteiger partial charge on any atom is 0.416 e. The van der Waals surface area contributed by atoms with Crippen molar-refractivity contribution in [1.82, 2.24) is 15.1 Å². The fourth-order valence-electron chi connectivity index (χ4n) is 5.91. The molecule has 3 amide bonds. The zero-order chi connectivity index (χ0) is 31.2. The summed E-state index contributed by atoms with van der Waals surface area (Å²) in [6, 6.07) is 19.4. The third-order valence-corrected chi connectivity index (χ3v) is 7.92. The van der Waals surface area contributed by atoms with E-state index in [1.807, 2.05) is 43.3 Å². The number of benzene rings is 3. The molecule has 2 aliphatic rings. The summed E-state index contributed by atoms with van der Waals surface area (Å²) in [7, 11) is 0. The molecule has 0 bridgehead atoms. The number of amides is 3. The zero-order valence-corrected chi connectivity index (χ0v) is 23.9. The van der Waals surface area contributed by atoms with Crippen LogP contribution in [0.25, 0.3) is 5.69 Å². The number of anilines is 2. The van der Waals surface area contributed by atoms with Crippen LogP contribution in [0.1, 0.15) is 45.6 Å². The highest BCUT2D eigenvalue weighted by Crippen LogP contribution is 2.44. The lowest BCUT2D eigenvalue weighted by molar-refractivity contribution is -0.137. The van der Waals surface area contributed by atoms with Gasteiger partial charge in [-0.25, -0.2) is 4.68 Å². The van der Waals surface area contributed by atoms with Crippen molar-refractivity contribution in [3.8, 4) is 5.69 Å². The van der Waals surface area contributed by atoms with Crippen LogP contribution in [0.2, 0.25) is 0 Å². The number of hydrogen-bond acceptors (Lipinski definition) is 4. The Labute approximate surface area is 251 Å². The maximum absolute atomic E-state index is 14.3. The molecule has 8 nitrogen and oxygen atoms in total. The number of aromatic nitrogens is 2. The molecule has 0 radical (unpaired) electrons. The zero-order valence-electron chi connectivity index (χ0n) is 23.9. The summed E-state index contributed by atoms with van der Waals surface area (Å²) in [6.07, 6.45) is -1.40. The van der Waals surface area contributed by atoms with E-state index in [9.17, 15) is 27.6 Å². The number of carbonyl (C=O) groups excluding carboxylic acids is 3. The predicted octanol–water partition coefficient (Wildman–Crippen LogP) is 5.40. The molecule has 0 fully saturated rings. The molecule has 44 heavy (non-hydrogen) atoms. The highest BCUT2D eigenvalue weighted by atomic mass is 19.4. The minimum atomic E-state index is -4.64. The van der Waals surface area contributed by atoms with Crippen LogP contribution >= 0.6 is 0 Å². The molecule has 3 aromatic carbocycles. The van der Waals surface area contributed by atoms with Gasteiger partial charge >= 0.3 is 6.18 Å². The topological polar surface area (TPSA) is 87.5 Å². The molecule has 4 aromatic rings. The molecule has 6 rings (SSSR count). The number of alkyl halides is 3. The Morgan fingerprint density at radius 2 is 1.70 bits per heavy atom. The molecular weight excluding hydrogens is 571 g/mol. The summed E-state index contributed by atoms with van der Waals surface area (Å²) in [5.74, 6) is -1.66. The number of rotatable bonds is 6. The molecule has 2 atom stereocenters. The van der Waals surface area contributed by atoms with Gasteiger partial charge in [0.15, 0.2) is 0 Å². The number of hydrogen-bond donors (Lipinski definition) is 1. The largest absolute Gasteiger partial charge is 0.416 e. The first-order chi connectivity index (χ1) is 21.1. The third kappa shape index (κ3) is 5.04. The maximum atomic E-state index is 14.3. The molecule has 0 aliphatic carbocycles. The standard InChI is InChI=1S/C33H28F3N5O3/c1-3-39-31-27(20(2)38-41(31)24-13-5-4-6-14-24)28(21-10-8-15-25(19-21)40-17-9-16-26(40)42)29(32(39)44)37-30(43)22-11-7-12-23(18-22)33(34,35)36/h4-16,18-19,28-29H,3,17H2,1-2H3,(H,37,43)/t28-,29+/m0/s1. The van der Waals surface area contributed by atoms with Gasteiger partial charge in [0.05, 0.1) is 16.9 Å². The Bertz CT molecular complexity index is 1800. The van der Waals surface area contributed by atoms with Crippen LogP contribution in [0.5, 0.6) is 0 Å². The number of nitrogens with one attached hydrogen (secondary N) is 1. The van der Waals surface area contributed by atoms with Crippen molar-refractivity contribution in [3.63, 3.8) is 0 Å². The van der Waals surface area contributed by atoms with Crippen LogP contribution < -0.4 is 15.1 Å². The van der Waals surface area contributed by atoms with Crippen molar-refractivity contribution < 1.29 is 27.6 Å². The fraction of sp³-hybridized carbons (Fsp3) is 0.212. The average molecular weight is 600 g/mol. The molecule has 0 spiro atoms. The molecule has 11 heteroatoms. The number of para-hydroxylation sites is 1. The van der Waals surface area contributed by atoms with Gasteiger partial charge in [-0.2, -0.15) is 18.3 Å². The number of aryl methyl sites for hydroxylation is 1. The Morgan fingerprint density at radius 1 is 0.977 bits per heavy atom. The van der Waals surface area contributed by atoms with E-state index in [0.29, 0.717) is 34.9 Å². The van der Waals surface area contributed by atoms with Crippen molar-refractivity contribution in [2.45, 2.75) is 32.0 Å². The van der Waals surface area contributed by atoms with Gasteiger partial charge < -0.3 is 10.2 Å². The van der Waals surface area contributed by atoms with E-state index in [1.165, 1.54) is 17.0 Å². The number of fused-ring (bicyclic) bond motifs is 1. The van der Waals surface area contributed by atoms with Crippen LogP contribution in [0.4, 0.5) is 24.7 Å². The molecule has 0 saturated carbocycles. The van der Waals surface area contributed by atoms with Crippen LogP contribution in [-0.2, 0) is 15.8 Å². The molecule has 1 N–H and O–H groups in total. The van der Waals surface area contributed by atoms with Gasteiger partial charge in [-0.05, 0) is 61.9 Å². The van der Waals surface area contributed by atoms with E-state index in [2.05, 4.69) is 5.32 Å². The quantitative estimate of drug-likeness (QED) is 0.322. The van der Waals surface area contributed by atoms with Crippen molar-refractivity contribution in [3.05, 3.63) is 119 Å². The SMILES string of the molecule is CCN1C(=O)[C@H](NC(=O)c2cccc(C(F)(F)F)c2)[C@@H](c2cccc(N3CC=CC3=O)c2)c2c(C)nn(-c3ccccc3)c21. The highest BCUT2D eigenvalue weighted by Gasteiger charge is 2.46. The molecule has 3 heterocycles. The van der Waals surface area contributed by atoms with Crippen molar-refractivity contribution >= 4 is 29.2 Å². The number of carbonyl (C=O) groups is 3. The third-order valence-electron chi connectivity index (χ3n) is 7.92. The molecular formula is C33H28F3N5O3. The van der Waals surface area contributed by atoms with E-state index < -0.39 is 35.5 Å². The van der Waals surface area contributed by atoms with Crippen LogP contribution in [0.3, 0.4) is 0 Å². The minimum Gasteiger partial charge on any atom is -0.339 e. The Morgan fingerprint density at radius 3 is 2.39 bits per heavy atom. The first-order valence-corrected chi connectivity index (χ1v) is 14.1. The van der Waals surface area contributed by atoms with Crippen LogP contribution in [-0.4, -0.2) is 46.6 Å². The van der Waals surface area contributed by atoms with Crippen molar-refractivity contribution in [2.24, 2.45) is 0 Å². The van der Waals surface area contributed by atoms with Gasteiger partial charge in [0, 0.05) is 41.9 Å². The van der Waals surface area contributed by atoms with E-state index in [-0.39, 0.29) is 18.0 Å². The van der Waals surface area contributed by atoms with E-state index in [1.54, 1.807) is 40.8 Å². The molecule has 0 saturated heterocycles. The second-order valence-electron chi connectivity index (χ2n) is 10.6. The summed E-state index contributed by atoms with van der Waals surface area (Å²) in [5.41, 5.74) is 2.09. The van der Waals surface area contributed by atoms with Gasteiger partial charge in [0.2, 0.25) is 0 Å². The van der Waals surface area contributed by atoms with Crippen molar-refractivity contribution in [2.75, 3.05) is 22.9 Å². The lowest BCUT2D eigenvalue weighted by Gasteiger charge is -2.38. The normalized spacial score (nSPS) is 18.1. The van der Waals surface area contributed by atoms with Crippen molar-refractivity contribution in [1.29, 1.82) is 0 Å². The molecule has 0 unspecified atom stereocenters. The van der Waals surface area contributed by atoms with E-state index in [4.69, 9.17) is 5.10 Å². The summed E-state index contributed by atoms with van der Waals surface area (Å²) < 4.78 is 42.0. The van der Waals surface area contributed by atoms with Gasteiger partial charge in [-0.15, -0.1) is 0 Å². The highest BCUT2D eigenvalue weighted by molar-refractivity contribution is 6.06. The van der Waals surface area contributed by atoms with Crippen LogP contribution in [0.15, 0.2) is 91.0 Å². The smallest absolute Gasteiger partial charge is 0.339 e. The van der Waals surface area contributed by atoms with Gasteiger partial charge in [-0.3, -0.25) is 19.3 Å². The molecule has 224 valence electrons. The average Bonchev–Trinajstić information content (AvgIpc) is 3.60. The Kier molecular flexibility index (Phi) is 7.32. The second-order valence-corrected chi connectivity index (χ2v) is 10.6. The molecule has 1 aromatic heterocycles. The first-order valence-electron chi connectivity index (χ1n) is 14.1. The lowest BCUT2D eigenvalue weighted by atomic mass is 9.80. The summed E-state index contributed by atoms with van der Waals surface area (Å²) >= 11 is 0. The van der Waals surface area contributed by atoms with Gasteiger partial charge in [-0.1, -0.05) is 42.5 Å². The van der Waals surface area contributed by atoms with Gasteiger partial charge in [0.25, 0.3) is 17.7 Å². The predicted molar refractivity (Wildman–Crippen MR) is 159 cm³/mol. The second kappa shape index (κ2) is 11.1. The van der Waals surface area contributed by atoms with E-state index >= 15 is 0 Å². The summed E-state index contributed by atoms with van der Waals surface area (Å²) in [4.78, 5) is 43.4. The van der Waals surface area contributed by atoms with Crippen LogP contribution in [0, 0.1) is 6.92 Å². The summed E-state index contributed by atoms with van der Waals surface area (Å²) in [5, 5.41) is 7.57. The lowest BCUT2D eigenvalue weighted by Crippen LogP contribution is -2.55. The minimum absolute atomic E-state index is 0.179.